The minimum atomic E-state index is 0.0280. The Balaban J connectivity index is 3.80. The topological polar surface area (TPSA) is 26.3 Å². The number of carbonyl (C=O) groups is 1. The molecule has 0 radical (unpaired) electrons. The van der Waals surface area contributed by atoms with Gasteiger partial charge in [0, 0.05) is 0 Å². The van der Waals surface area contributed by atoms with E-state index in [-0.39, 0.29) is 11.9 Å². The Morgan fingerprint density at radius 2 is 1.69 bits per heavy atom. The lowest BCUT2D eigenvalue weighted by Gasteiger charge is -2.14. The van der Waals surface area contributed by atoms with Crippen molar-refractivity contribution in [2.45, 2.75) is 72.1 Å². The van der Waals surface area contributed by atoms with Crippen molar-refractivity contribution in [1.29, 1.82) is 0 Å². The fraction of sp³-hybridized carbons (Fsp3) is 0.929. The van der Waals surface area contributed by atoms with Gasteiger partial charge in [0.15, 0.2) is 0 Å². The molecule has 0 bridgehead atoms. The van der Waals surface area contributed by atoms with Gasteiger partial charge in [0.1, 0.15) is 0 Å². The lowest BCUT2D eigenvalue weighted by Crippen LogP contribution is -2.18. The van der Waals surface area contributed by atoms with Crippen molar-refractivity contribution in [2.75, 3.05) is 6.61 Å². The largest absolute Gasteiger partial charge is 0.465 e. The predicted octanol–water partition coefficient (Wildman–Crippen LogP) is 4.33. The van der Waals surface area contributed by atoms with Crippen LogP contribution in [0.4, 0.5) is 0 Å². The van der Waals surface area contributed by atoms with E-state index in [0.717, 1.165) is 25.7 Å². The maximum atomic E-state index is 11.7. The summed E-state index contributed by atoms with van der Waals surface area (Å²) in [5, 5.41) is 0. The summed E-state index contributed by atoms with van der Waals surface area (Å²) in [4.78, 5) is 11.7. The van der Waals surface area contributed by atoms with Crippen molar-refractivity contribution in [3.8, 4) is 0 Å². The third-order valence-electron chi connectivity index (χ3n) is 2.83. The molecule has 2 nitrogen and oxygen atoms in total. The van der Waals surface area contributed by atoms with Gasteiger partial charge in [-0.25, -0.2) is 0 Å². The molecule has 0 saturated heterocycles. The Bertz CT molecular complexity index is 166. The Labute approximate surface area is 101 Å². The summed E-state index contributed by atoms with van der Waals surface area (Å²) in [6.45, 7) is 6.95. The third kappa shape index (κ3) is 7.72. The van der Waals surface area contributed by atoms with Gasteiger partial charge in [-0.2, -0.15) is 0 Å². The van der Waals surface area contributed by atoms with Gasteiger partial charge in [-0.15, -0.1) is 0 Å². The van der Waals surface area contributed by atoms with Crippen LogP contribution in [-0.2, 0) is 9.53 Å². The molecule has 1 atom stereocenters. The smallest absolute Gasteiger partial charge is 0.308 e. The Kier molecular flexibility index (Phi) is 10.6. The van der Waals surface area contributed by atoms with Gasteiger partial charge in [0.05, 0.1) is 12.5 Å². The highest BCUT2D eigenvalue weighted by Crippen LogP contribution is 2.17. The molecule has 16 heavy (non-hydrogen) atoms. The van der Waals surface area contributed by atoms with Gasteiger partial charge >= 0.3 is 5.97 Å². The van der Waals surface area contributed by atoms with Crippen LogP contribution in [0.1, 0.15) is 72.1 Å². The van der Waals surface area contributed by atoms with Crippen molar-refractivity contribution in [1.82, 2.24) is 0 Å². The number of rotatable bonds is 10. The quantitative estimate of drug-likeness (QED) is 0.411. The Morgan fingerprint density at radius 1 is 0.938 bits per heavy atom. The van der Waals surface area contributed by atoms with E-state index in [2.05, 4.69) is 13.8 Å². The number of hydrogen-bond donors (Lipinski definition) is 0. The molecule has 0 amide bonds. The molecule has 0 heterocycles. The highest BCUT2D eigenvalue weighted by atomic mass is 16.5. The standard InChI is InChI=1S/C14H28O2/c1-4-7-8-9-11-13(10-5-2)14(15)16-12-6-3/h13H,4-12H2,1-3H3. The maximum Gasteiger partial charge on any atom is 0.308 e. The molecule has 2 heteroatoms. The zero-order chi connectivity index (χ0) is 12.2. The molecule has 0 saturated carbocycles. The van der Waals surface area contributed by atoms with Crippen LogP contribution in [0.5, 0.6) is 0 Å². The van der Waals surface area contributed by atoms with Crippen molar-refractivity contribution in [3.05, 3.63) is 0 Å². The lowest BCUT2D eigenvalue weighted by atomic mass is 9.96. The molecule has 0 aromatic rings. The second kappa shape index (κ2) is 11.0. The van der Waals surface area contributed by atoms with E-state index in [0.29, 0.717) is 6.61 Å². The number of esters is 1. The monoisotopic (exact) mass is 228 g/mol. The summed E-state index contributed by atoms with van der Waals surface area (Å²) in [5.74, 6) is 0.175. The minimum Gasteiger partial charge on any atom is -0.465 e. The molecular formula is C14H28O2. The summed E-state index contributed by atoms with van der Waals surface area (Å²) in [7, 11) is 0. The molecule has 0 spiro atoms. The van der Waals surface area contributed by atoms with E-state index in [1.54, 1.807) is 0 Å². The molecule has 1 unspecified atom stereocenters. The van der Waals surface area contributed by atoms with E-state index in [1.807, 2.05) is 6.92 Å². The SMILES string of the molecule is CCCCCCC(CCC)C(=O)OCCC. The van der Waals surface area contributed by atoms with Crippen LogP contribution < -0.4 is 0 Å². The van der Waals surface area contributed by atoms with Crippen LogP contribution >= 0.6 is 0 Å². The minimum absolute atomic E-state index is 0.0280. The van der Waals surface area contributed by atoms with Gasteiger partial charge in [0.25, 0.3) is 0 Å². The Hall–Kier alpha value is -0.530. The summed E-state index contributed by atoms with van der Waals surface area (Å²) in [6.07, 6.45) is 8.92. The summed E-state index contributed by atoms with van der Waals surface area (Å²) in [6, 6.07) is 0. The fourth-order valence-electron chi connectivity index (χ4n) is 1.87. The number of hydrogen-bond acceptors (Lipinski definition) is 2. The second-order valence-electron chi connectivity index (χ2n) is 4.50. The number of carbonyl (C=O) groups excluding carboxylic acids is 1. The highest BCUT2D eigenvalue weighted by Gasteiger charge is 2.18. The van der Waals surface area contributed by atoms with Crippen molar-refractivity contribution >= 4 is 5.97 Å². The molecule has 0 fully saturated rings. The average molecular weight is 228 g/mol. The molecule has 0 N–H and O–H groups in total. The van der Waals surface area contributed by atoms with Crippen LogP contribution in [-0.4, -0.2) is 12.6 Å². The average Bonchev–Trinajstić information content (AvgIpc) is 2.30. The summed E-state index contributed by atoms with van der Waals surface area (Å²) < 4.78 is 5.22. The molecule has 0 aliphatic carbocycles. The van der Waals surface area contributed by atoms with Crippen LogP contribution in [0.15, 0.2) is 0 Å². The summed E-state index contributed by atoms with van der Waals surface area (Å²) in [5.41, 5.74) is 0. The van der Waals surface area contributed by atoms with Gasteiger partial charge in [-0.05, 0) is 19.3 Å². The van der Waals surface area contributed by atoms with E-state index in [1.165, 1.54) is 25.7 Å². The maximum absolute atomic E-state index is 11.7. The van der Waals surface area contributed by atoms with Crippen LogP contribution in [0, 0.1) is 5.92 Å². The van der Waals surface area contributed by atoms with Gasteiger partial charge in [0.2, 0.25) is 0 Å². The number of ether oxygens (including phenoxy) is 1. The second-order valence-corrected chi connectivity index (χ2v) is 4.50. The number of unbranched alkanes of at least 4 members (excludes halogenated alkanes) is 3. The molecule has 0 aliphatic heterocycles. The normalized spacial score (nSPS) is 12.4. The predicted molar refractivity (Wildman–Crippen MR) is 68.4 cm³/mol. The van der Waals surface area contributed by atoms with E-state index >= 15 is 0 Å². The van der Waals surface area contributed by atoms with E-state index in [4.69, 9.17) is 4.74 Å². The van der Waals surface area contributed by atoms with E-state index < -0.39 is 0 Å². The van der Waals surface area contributed by atoms with Crippen molar-refractivity contribution in [2.24, 2.45) is 5.92 Å². The molecule has 96 valence electrons. The Morgan fingerprint density at radius 3 is 2.25 bits per heavy atom. The lowest BCUT2D eigenvalue weighted by molar-refractivity contribution is -0.149. The first-order chi connectivity index (χ1) is 7.76. The van der Waals surface area contributed by atoms with Gasteiger partial charge in [-0.3, -0.25) is 4.79 Å². The van der Waals surface area contributed by atoms with Gasteiger partial charge < -0.3 is 4.74 Å². The van der Waals surface area contributed by atoms with Crippen LogP contribution in [0.3, 0.4) is 0 Å². The van der Waals surface area contributed by atoms with Crippen molar-refractivity contribution in [3.63, 3.8) is 0 Å². The molecule has 0 aliphatic rings. The first-order valence-electron chi connectivity index (χ1n) is 6.92. The first kappa shape index (κ1) is 15.5. The van der Waals surface area contributed by atoms with Gasteiger partial charge in [-0.1, -0.05) is 52.9 Å². The van der Waals surface area contributed by atoms with E-state index in [9.17, 15) is 4.79 Å². The molecule has 0 rings (SSSR count). The molecule has 0 aromatic heterocycles. The van der Waals surface area contributed by atoms with Crippen molar-refractivity contribution < 1.29 is 9.53 Å². The molecule has 0 aromatic carbocycles. The zero-order valence-electron chi connectivity index (χ0n) is 11.3. The molecular weight excluding hydrogens is 200 g/mol. The highest BCUT2D eigenvalue weighted by molar-refractivity contribution is 5.72. The zero-order valence-corrected chi connectivity index (χ0v) is 11.3. The third-order valence-corrected chi connectivity index (χ3v) is 2.83. The summed E-state index contributed by atoms with van der Waals surface area (Å²) >= 11 is 0. The van der Waals surface area contributed by atoms with Crippen LogP contribution in [0.2, 0.25) is 0 Å². The van der Waals surface area contributed by atoms with Crippen LogP contribution in [0.25, 0.3) is 0 Å². The first-order valence-corrected chi connectivity index (χ1v) is 6.92. The fourth-order valence-corrected chi connectivity index (χ4v) is 1.87.